The van der Waals surface area contributed by atoms with Crippen molar-refractivity contribution < 1.29 is 0 Å². The highest BCUT2D eigenvalue weighted by molar-refractivity contribution is 9.10. The summed E-state index contributed by atoms with van der Waals surface area (Å²) in [6.07, 6.45) is 1.16. The van der Waals surface area contributed by atoms with E-state index in [0.29, 0.717) is 0 Å². The zero-order valence-corrected chi connectivity index (χ0v) is 11.3. The molecule has 84 valence electrons. The van der Waals surface area contributed by atoms with Crippen molar-refractivity contribution in [3.05, 3.63) is 34.3 Å². The highest BCUT2D eigenvalue weighted by atomic mass is 79.9. The van der Waals surface area contributed by atoms with Crippen molar-refractivity contribution in [2.75, 3.05) is 13.6 Å². The second kappa shape index (κ2) is 6.29. The lowest BCUT2D eigenvalue weighted by Gasteiger charge is -2.20. The lowest BCUT2D eigenvalue weighted by molar-refractivity contribution is 0.370. The Hall–Kier alpha value is -0.340. The monoisotopic (exact) mass is 269 g/mol. The summed E-state index contributed by atoms with van der Waals surface area (Å²) in [5, 5.41) is 3.27. The van der Waals surface area contributed by atoms with Gasteiger partial charge in [-0.2, -0.15) is 0 Å². The molecule has 0 amide bonds. The minimum atomic E-state index is 0.719. The predicted octanol–water partition coefficient (Wildman–Crippen LogP) is 3.48. The van der Waals surface area contributed by atoms with Gasteiger partial charge in [0.05, 0.1) is 0 Å². The van der Waals surface area contributed by atoms with Gasteiger partial charge in [0.2, 0.25) is 0 Å². The van der Waals surface area contributed by atoms with Crippen molar-refractivity contribution in [2.24, 2.45) is 11.8 Å². The van der Waals surface area contributed by atoms with E-state index in [1.807, 2.05) is 7.05 Å². The number of hydrogen-bond acceptors (Lipinski definition) is 1. The lowest BCUT2D eigenvalue weighted by atomic mass is 9.89. The average Bonchev–Trinajstić information content (AvgIpc) is 2.20. The molecule has 1 unspecified atom stereocenters. The molecule has 0 aliphatic carbocycles. The first-order chi connectivity index (χ1) is 7.13. The molecule has 2 heteroatoms. The molecular formula is C13H20BrN. The first-order valence-electron chi connectivity index (χ1n) is 5.52. The normalized spacial score (nSPS) is 13.1. The van der Waals surface area contributed by atoms with Crippen LogP contribution in [0.4, 0.5) is 0 Å². The van der Waals surface area contributed by atoms with E-state index in [-0.39, 0.29) is 0 Å². The van der Waals surface area contributed by atoms with E-state index >= 15 is 0 Å². The molecule has 0 aromatic heterocycles. The molecule has 1 aromatic carbocycles. The van der Waals surface area contributed by atoms with Gasteiger partial charge in [-0.1, -0.05) is 41.9 Å². The maximum absolute atomic E-state index is 3.46. The summed E-state index contributed by atoms with van der Waals surface area (Å²) in [6, 6.07) is 8.64. The van der Waals surface area contributed by atoms with Gasteiger partial charge in [-0.05, 0) is 49.5 Å². The molecule has 0 heterocycles. The second-order valence-corrected chi connectivity index (χ2v) is 5.31. The Morgan fingerprint density at radius 1 is 1.20 bits per heavy atom. The lowest BCUT2D eigenvalue weighted by Crippen LogP contribution is -2.25. The molecule has 1 atom stereocenters. The molecule has 0 saturated heterocycles. The maximum Gasteiger partial charge on any atom is 0.0175 e. The topological polar surface area (TPSA) is 12.0 Å². The molecule has 0 radical (unpaired) electrons. The maximum atomic E-state index is 3.46. The second-order valence-electron chi connectivity index (χ2n) is 4.39. The van der Waals surface area contributed by atoms with E-state index in [1.165, 1.54) is 5.56 Å². The van der Waals surface area contributed by atoms with E-state index in [4.69, 9.17) is 0 Å². The number of rotatable bonds is 5. The average molecular weight is 270 g/mol. The fraction of sp³-hybridized carbons (Fsp3) is 0.538. The van der Waals surface area contributed by atoms with E-state index < -0.39 is 0 Å². The van der Waals surface area contributed by atoms with Crippen LogP contribution in [0.5, 0.6) is 0 Å². The molecule has 0 bridgehead atoms. The van der Waals surface area contributed by atoms with Crippen LogP contribution in [0.2, 0.25) is 0 Å². The van der Waals surface area contributed by atoms with Crippen LogP contribution >= 0.6 is 15.9 Å². The first kappa shape index (κ1) is 12.7. The molecule has 0 fully saturated rings. The van der Waals surface area contributed by atoms with Crippen molar-refractivity contribution in [1.29, 1.82) is 0 Å². The minimum absolute atomic E-state index is 0.719. The molecule has 15 heavy (non-hydrogen) atoms. The summed E-state index contributed by atoms with van der Waals surface area (Å²) in [7, 11) is 2.02. The molecular weight excluding hydrogens is 250 g/mol. The molecule has 0 spiro atoms. The number of benzene rings is 1. The van der Waals surface area contributed by atoms with Gasteiger partial charge in [-0.15, -0.1) is 0 Å². The predicted molar refractivity (Wildman–Crippen MR) is 70.1 cm³/mol. The SMILES string of the molecule is CNCC(Cc1ccc(Br)cc1)C(C)C. The molecule has 0 aliphatic rings. The Morgan fingerprint density at radius 3 is 2.27 bits per heavy atom. The highest BCUT2D eigenvalue weighted by Crippen LogP contribution is 2.18. The number of nitrogens with one attached hydrogen (secondary N) is 1. The van der Waals surface area contributed by atoms with Gasteiger partial charge in [0, 0.05) is 4.47 Å². The molecule has 1 nitrogen and oxygen atoms in total. The standard InChI is InChI=1S/C13H20BrN/c1-10(2)12(9-15-3)8-11-4-6-13(14)7-5-11/h4-7,10,12,15H,8-9H2,1-3H3. The summed E-state index contributed by atoms with van der Waals surface area (Å²) in [5.74, 6) is 1.44. The van der Waals surface area contributed by atoms with Crippen LogP contribution in [0.1, 0.15) is 19.4 Å². The van der Waals surface area contributed by atoms with Crippen molar-refractivity contribution >= 4 is 15.9 Å². The minimum Gasteiger partial charge on any atom is -0.319 e. The van der Waals surface area contributed by atoms with E-state index in [0.717, 1.165) is 29.3 Å². The fourth-order valence-corrected chi connectivity index (χ4v) is 1.99. The van der Waals surface area contributed by atoms with Gasteiger partial charge in [0.15, 0.2) is 0 Å². The van der Waals surface area contributed by atoms with Crippen LogP contribution < -0.4 is 5.32 Å². The van der Waals surface area contributed by atoms with Crippen LogP contribution in [-0.4, -0.2) is 13.6 Å². The summed E-state index contributed by atoms with van der Waals surface area (Å²) in [4.78, 5) is 0. The summed E-state index contributed by atoms with van der Waals surface area (Å²) >= 11 is 3.46. The van der Waals surface area contributed by atoms with E-state index in [1.54, 1.807) is 0 Å². The Kier molecular flexibility index (Phi) is 5.34. The summed E-state index contributed by atoms with van der Waals surface area (Å²) in [5.41, 5.74) is 1.42. The Balaban J connectivity index is 2.61. The van der Waals surface area contributed by atoms with Gasteiger partial charge >= 0.3 is 0 Å². The van der Waals surface area contributed by atoms with Crippen molar-refractivity contribution in [2.45, 2.75) is 20.3 Å². The Labute approximate surface area is 101 Å². The van der Waals surface area contributed by atoms with E-state index in [9.17, 15) is 0 Å². The van der Waals surface area contributed by atoms with Crippen molar-refractivity contribution in [3.63, 3.8) is 0 Å². The van der Waals surface area contributed by atoms with Gasteiger partial charge in [-0.3, -0.25) is 0 Å². The van der Waals surface area contributed by atoms with Gasteiger partial charge in [-0.25, -0.2) is 0 Å². The summed E-state index contributed by atoms with van der Waals surface area (Å²) < 4.78 is 1.15. The highest BCUT2D eigenvalue weighted by Gasteiger charge is 2.12. The van der Waals surface area contributed by atoms with Crippen LogP contribution in [0.3, 0.4) is 0 Å². The van der Waals surface area contributed by atoms with Crippen LogP contribution in [0, 0.1) is 11.8 Å². The van der Waals surface area contributed by atoms with Crippen molar-refractivity contribution in [3.8, 4) is 0 Å². The van der Waals surface area contributed by atoms with Crippen molar-refractivity contribution in [1.82, 2.24) is 5.32 Å². The quantitative estimate of drug-likeness (QED) is 0.863. The molecule has 0 saturated carbocycles. The third kappa shape index (κ3) is 4.35. The van der Waals surface area contributed by atoms with Gasteiger partial charge in [0.25, 0.3) is 0 Å². The van der Waals surface area contributed by atoms with Gasteiger partial charge < -0.3 is 5.32 Å². The largest absolute Gasteiger partial charge is 0.319 e. The summed E-state index contributed by atoms with van der Waals surface area (Å²) in [6.45, 7) is 5.68. The molecule has 1 N–H and O–H groups in total. The van der Waals surface area contributed by atoms with Gasteiger partial charge in [0.1, 0.15) is 0 Å². The van der Waals surface area contributed by atoms with Crippen LogP contribution in [0.25, 0.3) is 0 Å². The van der Waals surface area contributed by atoms with Crippen LogP contribution in [0.15, 0.2) is 28.7 Å². The smallest absolute Gasteiger partial charge is 0.0175 e. The Morgan fingerprint density at radius 2 is 1.80 bits per heavy atom. The number of halogens is 1. The Bertz CT molecular complexity index is 279. The third-order valence-corrected chi connectivity index (χ3v) is 3.35. The zero-order valence-electron chi connectivity index (χ0n) is 9.76. The number of hydrogen-bond donors (Lipinski definition) is 1. The first-order valence-corrected chi connectivity index (χ1v) is 6.31. The third-order valence-electron chi connectivity index (χ3n) is 2.82. The zero-order chi connectivity index (χ0) is 11.3. The van der Waals surface area contributed by atoms with E-state index in [2.05, 4.69) is 59.4 Å². The van der Waals surface area contributed by atoms with Crippen LogP contribution in [-0.2, 0) is 6.42 Å². The fourth-order valence-electron chi connectivity index (χ4n) is 1.73. The molecule has 0 aliphatic heterocycles. The molecule has 1 rings (SSSR count). The molecule has 1 aromatic rings.